The number of nitrogens with one attached hydrogen (secondary N) is 1. The maximum atomic E-state index is 13.1. The molecule has 0 unspecified atom stereocenters. The lowest BCUT2D eigenvalue weighted by atomic mass is 9.92. The van der Waals surface area contributed by atoms with Gasteiger partial charge in [0.2, 0.25) is 5.91 Å². The van der Waals surface area contributed by atoms with Gasteiger partial charge in [-0.05, 0) is 46.4 Å². The van der Waals surface area contributed by atoms with Gasteiger partial charge >= 0.3 is 0 Å². The van der Waals surface area contributed by atoms with Crippen LogP contribution in [0.5, 0.6) is 0 Å². The molecule has 1 N–H and O–H groups in total. The first-order valence-corrected chi connectivity index (χ1v) is 12.2. The number of hydrogen-bond donors (Lipinski definition) is 1. The maximum Gasteiger partial charge on any atom is 0.230 e. The van der Waals surface area contributed by atoms with E-state index in [0.717, 1.165) is 51.7 Å². The van der Waals surface area contributed by atoms with Crippen LogP contribution in [-0.4, -0.2) is 15.9 Å². The van der Waals surface area contributed by atoms with Crippen LogP contribution in [-0.2, 0) is 24.1 Å². The molecule has 0 aliphatic heterocycles. The van der Waals surface area contributed by atoms with Crippen molar-refractivity contribution >= 4 is 34.6 Å². The Morgan fingerprint density at radius 1 is 0.778 bits per heavy atom. The number of nitrogens with zero attached hydrogens (tertiary/aromatic N) is 2. The van der Waals surface area contributed by atoms with Crippen LogP contribution in [0.2, 0.25) is 0 Å². The predicted octanol–water partition coefficient (Wildman–Crippen LogP) is 6.75. The van der Waals surface area contributed by atoms with Gasteiger partial charge in [0.25, 0.3) is 0 Å². The van der Waals surface area contributed by atoms with Crippen molar-refractivity contribution in [2.75, 3.05) is 5.32 Å². The van der Waals surface area contributed by atoms with Crippen LogP contribution in [0.3, 0.4) is 0 Å². The van der Waals surface area contributed by atoms with Gasteiger partial charge in [-0.1, -0.05) is 103 Å². The highest BCUT2D eigenvalue weighted by molar-refractivity contribution is 5.94. The number of benzene rings is 4. The molecule has 0 spiro atoms. The summed E-state index contributed by atoms with van der Waals surface area (Å²) in [5.74, 6) is 0.399. The summed E-state index contributed by atoms with van der Waals surface area (Å²) in [6.07, 6.45) is 5.93. The molecule has 0 radical (unpaired) electrons. The molecule has 1 amide bonds. The van der Waals surface area contributed by atoms with Crippen molar-refractivity contribution in [3.05, 3.63) is 125 Å². The third-order valence-electron chi connectivity index (χ3n) is 6.57. The zero-order chi connectivity index (χ0) is 24.3. The monoisotopic (exact) mass is 467 g/mol. The smallest absolute Gasteiger partial charge is 0.230 e. The summed E-state index contributed by atoms with van der Waals surface area (Å²) in [5, 5.41) is 5.34. The Balaban J connectivity index is 1.33. The van der Waals surface area contributed by atoms with Crippen molar-refractivity contribution in [3.8, 4) is 11.3 Å². The quantitative estimate of drug-likeness (QED) is 0.311. The van der Waals surface area contributed by atoms with Crippen molar-refractivity contribution in [2.24, 2.45) is 0 Å². The molecular weight excluding hydrogens is 442 g/mol. The molecule has 174 valence electrons. The second-order valence-electron chi connectivity index (χ2n) is 9.06. The molecule has 4 heteroatoms. The molecule has 1 aliphatic rings. The van der Waals surface area contributed by atoms with E-state index in [-0.39, 0.29) is 12.3 Å². The molecule has 0 atom stereocenters. The highest BCUT2D eigenvalue weighted by Gasteiger charge is 2.21. The Morgan fingerprint density at radius 2 is 1.56 bits per heavy atom. The first-order chi connectivity index (χ1) is 17.7. The van der Waals surface area contributed by atoms with Gasteiger partial charge in [0, 0.05) is 5.56 Å². The molecule has 1 heterocycles. The fourth-order valence-electron chi connectivity index (χ4n) is 4.75. The van der Waals surface area contributed by atoms with E-state index in [0.29, 0.717) is 11.5 Å². The molecule has 4 aromatic carbocycles. The Labute approximate surface area is 210 Å². The first kappa shape index (κ1) is 21.9. The van der Waals surface area contributed by atoms with Gasteiger partial charge in [0.1, 0.15) is 5.69 Å². The van der Waals surface area contributed by atoms with E-state index in [2.05, 4.69) is 47.8 Å². The summed E-state index contributed by atoms with van der Waals surface area (Å²) in [5.41, 5.74) is 6.91. The fourth-order valence-corrected chi connectivity index (χ4v) is 4.75. The average molecular weight is 468 g/mol. The number of hydrogen-bond acceptors (Lipinski definition) is 3. The topological polar surface area (TPSA) is 54.9 Å². The number of carbonyl (C=O) groups is 1. The van der Waals surface area contributed by atoms with Crippen molar-refractivity contribution in [3.63, 3.8) is 0 Å². The Hall–Kier alpha value is -4.57. The SMILES string of the molecule is O=C(Cc1ccc2ccccc2c1)Nc1nc2c(nc1C=Cc1ccccc1)-c1ccccc1CC2. The van der Waals surface area contributed by atoms with Crippen molar-refractivity contribution in [2.45, 2.75) is 19.3 Å². The lowest BCUT2D eigenvalue weighted by Crippen LogP contribution is -2.19. The van der Waals surface area contributed by atoms with E-state index in [4.69, 9.17) is 9.97 Å². The number of amides is 1. The molecule has 0 saturated heterocycles. The average Bonchev–Trinajstić information content (AvgIpc) is 2.92. The van der Waals surface area contributed by atoms with Crippen LogP contribution in [0.15, 0.2) is 97.1 Å². The number of carbonyl (C=O) groups excluding carboxylic acids is 1. The molecular formula is C32H25N3O. The highest BCUT2D eigenvalue weighted by Crippen LogP contribution is 2.33. The molecule has 1 aliphatic carbocycles. The Kier molecular flexibility index (Phi) is 5.84. The standard InChI is InChI=1S/C32H25N3O/c36-30(21-23-14-16-24-10-4-5-12-26(24)20-23)35-32-29(18-15-22-8-2-1-3-9-22)33-31-27-13-7-6-11-25(27)17-19-28(31)34-32/h1-16,18,20H,17,19,21H2,(H,34,35,36). The van der Waals surface area contributed by atoms with E-state index in [1.165, 1.54) is 5.56 Å². The number of fused-ring (bicyclic) bond motifs is 4. The van der Waals surface area contributed by atoms with E-state index >= 15 is 0 Å². The van der Waals surface area contributed by atoms with Crippen molar-refractivity contribution in [1.82, 2.24) is 9.97 Å². The number of rotatable bonds is 5. The minimum Gasteiger partial charge on any atom is -0.309 e. The summed E-state index contributed by atoms with van der Waals surface area (Å²) in [7, 11) is 0. The maximum absolute atomic E-state index is 13.1. The third kappa shape index (κ3) is 4.53. The minimum absolute atomic E-state index is 0.106. The predicted molar refractivity (Wildman–Crippen MR) is 147 cm³/mol. The summed E-state index contributed by atoms with van der Waals surface area (Å²) in [6.45, 7) is 0. The minimum atomic E-state index is -0.106. The summed E-state index contributed by atoms with van der Waals surface area (Å²) >= 11 is 0. The second-order valence-corrected chi connectivity index (χ2v) is 9.06. The zero-order valence-corrected chi connectivity index (χ0v) is 19.8. The van der Waals surface area contributed by atoms with Gasteiger partial charge in [-0.25, -0.2) is 9.97 Å². The van der Waals surface area contributed by atoms with E-state index < -0.39 is 0 Å². The van der Waals surface area contributed by atoms with Gasteiger partial charge in [0.15, 0.2) is 5.82 Å². The van der Waals surface area contributed by atoms with Crippen LogP contribution in [0.1, 0.15) is 28.1 Å². The number of aryl methyl sites for hydroxylation is 2. The molecule has 1 aromatic heterocycles. The van der Waals surface area contributed by atoms with Crippen LogP contribution in [0.4, 0.5) is 5.82 Å². The number of aromatic nitrogens is 2. The number of anilines is 1. The van der Waals surface area contributed by atoms with E-state index in [9.17, 15) is 4.79 Å². The van der Waals surface area contributed by atoms with Crippen LogP contribution in [0, 0.1) is 0 Å². The Bertz CT molecular complexity index is 1610. The third-order valence-corrected chi connectivity index (χ3v) is 6.57. The normalized spacial score (nSPS) is 12.3. The zero-order valence-electron chi connectivity index (χ0n) is 19.8. The molecule has 6 rings (SSSR count). The van der Waals surface area contributed by atoms with Crippen molar-refractivity contribution < 1.29 is 4.79 Å². The molecule has 4 nitrogen and oxygen atoms in total. The van der Waals surface area contributed by atoms with E-state index in [1.807, 2.05) is 66.7 Å². The summed E-state index contributed by atoms with van der Waals surface area (Å²) < 4.78 is 0. The van der Waals surface area contributed by atoms with Crippen molar-refractivity contribution in [1.29, 1.82) is 0 Å². The second kappa shape index (κ2) is 9.59. The van der Waals surface area contributed by atoms with Crippen LogP contribution >= 0.6 is 0 Å². The van der Waals surface area contributed by atoms with Crippen LogP contribution in [0.25, 0.3) is 34.2 Å². The van der Waals surface area contributed by atoms with Gasteiger partial charge in [-0.3, -0.25) is 4.79 Å². The van der Waals surface area contributed by atoms with Crippen LogP contribution < -0.4 is 5.32 Å². The molecule has 5 aromatic rings. The van der Waals surface area contributed by atoms with Gasteiger partial charge in [-0.15, -0.1) is 0 Å². The highest BCUT2D eigenvalue weighted by atomic mass is 16.1. The largest absolute Gasteiger partial charge is 0.309 e. The first-order valence-electron chi connectivity index (χ1n) is 12.2. The fraction of sp³-hybridized carbons (Fsp3) is 0.0938. The lowest BCUT2D eigenvalue weighted by molar-refractivity contribution is -0.115. The summed E-state index contributed by atoms with van der Waals surface area (Å²) in [6, 6.07) is 32.7. The van der Waals surface area contributed by atoms with Gasteiger partial charge < -0.3 is 5.32 Å². The molecule has 36 heavy (non-hydrogen) atoms. The Morgan fingerprint density at radius 3 is 2.44 bits per heavy atom. The molecule has 0 bridgehead atoms. The van der Waals surface area contributed by atoms with E-state index in [1.54, 1.807) is 0 Å². The lowest BCUT2D eigenvalue weighted by Gasteiger charge is -2.20. The molecule has 0 saturated carbocycles. The van der Waals surface area contributed by atoms with Gasteiger partial charge in [-0.2, -0.15) is 0 Å². The molecule has 0 fully saturated rings. The summed E-state index contributed by atoms with van der Waals surface area (Å²) in [4.78, 5) is 23.0. The van der Waals surface area contributed by atoms with Gasteiger partial charge in [0.05, 0.1) is 17.8 Å².